The van der Waals surface area contributed by atoms with Gasteiger partial charge in [0.05, 0.1) is 36.3 Å². The third-order valence-electron chi connectivity index (χ3n) is 5.26. The number of hydrogen-bond donors (Lipinski definition) is 1. The number of allylic oxidation sites excluding steroid dienone is 2. The fraction of sp³-hybridized carbons (Fsp3) is 0.621. The van der Waals surface area contributed by atoms with E-state index in [2.05, 4.69) is 59.1 Å². The van der Waals surface area contributed by atoms with E-state index < -0.39 is 0 Å². The summed E-state index contributed by atoms with van der Waals surface area (Å²) in [6.45, 7) is 27.9. The fourth-order valence-corrected chi connectivity index (χ4v) is 3.84. The van der Waals surface area contributed by atoms with Gasteiger partial charge in [-0.25, -0.2) is 4.99 Å². The second-order valence-corrected chi connectivity index (χ2v) is 7.07. The van der Waals surface area contributed by atoms with E-state index in [1.165, 1.54) is 0 Å². The molecule has 3 heterocycles. The molecule has 1 unspecified atom stereocenters. The van der Waals surface area contributed by atoms with Crippen LogP contribution in [0.25, 0.3) is 0 Å². The molecule has 36 heavy (non-hydrogen) atoms. The second kappa shape index (κ2) is 22.9. The molecule has 0 amide bonds. The maximum atomic E-state index is 8.00. The number of carbonyl (C=O) groups excluding carboxylic acids is 1. The lowest BCUT2D eigenvalue weighted by molar-refractivity contribution is -0.0980. The average Bonchev–Trinajstić information content (AvgIpc) is 2.97. The molecule has 1 aromatic rings. The van der Waals surface area contributed by atoms with Gasteiger partial charge in [-0.2, -0.15) is 0 Å². The Balaban J connectivity index is 0. The molecule has 7 heteroatoms. The summed E-state index contributed by atoms with van der Waals surface area (Å²) >= 11 is 0. The first-order valence-electron chi connectivity index (χ1n) is 13.7. The van der Waals surface area contributed by atoms with Crippen molar-refractivity contribution in [3.05, 3.63) is 47.6 Å². The number of hydrogen-bond acceptors (Lipinski definition) is 7. The van der Waals surface area contributed by atoms with Crippen molar-refractivity contribution in [3.63, 3.8) is 0 Å². The van der Waals surface area contributed by atoms with Crippen molar-refractivity contribution >= 4 is 18.3 Å². The predicted molar refractivity (Wildman–Crippen MR) is 156 cm³/mol. The number of ether oxygens (including phenoxy) is 1. The molecule has 0 aliphatic carbocycles. The standard InChI is InChI=1S/C22H33N5O.3C2H6.CH2O/c1-5-9-21(28-7-3)20(6-2)27-16-19-18(10-8-11-24-19)25-22(27)17(4)26-14-12-23-13-15-26;4*1-2/h6,8-11,17,23H,5,7,12-16H2,1-4H3;3*1-2H3;1H2/b20-6+,21-9+;;;;. The first-order valence-corrected chi connectivity index (χ1v) is 13.7. The number of aliphatic imine (C=N–C) groups is 1. The summed E-state index contributed by atoms with van der Waals surface area (Å²) < 4.78 is 6.00. The molecule has 0 aromatic carbocycles. The topological polar surface area (TPSA) is 70.1 Å². The molecule has 0 radical (unpaired) electrons. The lowest BCUT2D eigenvalue weighted by atomic mass is 10.1. The van der Waals surface area contributed by atoms with Gasteiger partial charge in [0.15, 0.2) is 0 Å². The Labute approximate surface area is 221 Å². The SMILES string of the molecule is C/C=C(\C(=C/CC)OCC)N1Cc2ncccc2N=C1C(C)N1CCNCC1.C=O.CC.CC.CC. The Kier molecular flexibility index (Phi) is 22.7. The summed E-state index contributed by atoms with van der Waals surface area (Å²) in [6.07, 6.45) is 7.05. The van der Waals surface area contributed by atoms with Crippen LogP contribution in [0, 0.1) is 0 Å². The number of piperazine rings is 1. The summed E-state index contributed by atoms with van der Waals surface area (Å²) in [6, 6.07) is 4.24. The average molecular weight is 504 g/mol. The Morgan fingerprint density at radius 3 is 2.28 bits per heavy atom. The summed E-state index contributed by atoms with van der Waals surface area (Å²) in [4.78, 5) is 22.4. The Hall–Kier alpha value is -2.51. The molecule has 1 N–H and O–H groups in total. The van der Waals surface area contributed by atoms with Gasteiger partial charge in [-0.3, -0.25) is 9.88 Å². The number of pyridine rings is 1. The van der Waals surface area contributed by atoms with Gasteiger partial charge in [0.2, 0.25) is 0 Å². The van der Waals surface area contributed by atoms with Crippen molar-refractivity contribution in [3.8, 4) is 0 Å². The summed E-state index contributed by atoms with van der Waals surface area (Å²) in [5.41, 5.74) is 3.05. The first-order chi connectivity index (χ1) is 17.7. The predicted octanol–water partition coefficient (Wildman–Crippen LogP) is 6.35. The molecule has 0 bridgehead atoms. The van der Waals surface area contributed by atoms with Gasteiger partial charge in [0, 0.05) is 32.4 Å². The molecule has 2 aliphatic rings. The summed E-state index contributed by atoms with van der Waals surface area (Å²) in [5.74, 6) is 1.99. The van der Waals surface area contributed by atoms with Crippen LogP contribution in [0.4, 0.5) is 5.69 Å². The molecule has 1 atom stereocenters. The maximum absolute atomic E-state index is 8.00. The lowest BCUT2D eigenvalue weighted by Gasteiger charge is -2.40. The normalized spacial score (nSPS) is 16.1. The molecular weight excluding hydrogens is 450 g/mol. The highest BCUT2D eigenvalue weighted by molar-refractivity contribution is 5.92. The van der Waals surface area contributed by atoms with Crippen molar-refractivity contribution < 1.29 is 9.53 Å². The second-order valence-electron chi connectivity index (χ2n) is 7.07. The quantitative estimate of drug-likeness (QED) is 0.345. The van der Waals surface area contributed by atoms with E-state index in [0.717, 1.165) is 61.3 Å². The lowest BCUT2D eigenvalue weighted by Crippen LogP contribution is -2.53. The van der Waals surface area contributed by atoms with Crippen LogP contribution < -0.4 is 5.32 Å². The van der Waals surface area contributed by atoms with Gasteiger partial charge < -0.3 is 19.7 Å². The Morgan fingerprint density at radius 1 is 1.14 bits per heavy atom. The molecule has 7 nitrogen and oxygen atoms in total. The largest absolute Gasteiger partial charge is 0.492 e. The van der Waals surface area contributed by atoms with Gasteiger partial charge >= 0.3 is 0 Å². The fourth-order valence-electron chi connectivity index (χ4n) is 3.84. The highest BCUT2D eigenvalue weighted by Gasteiger charge is 2.32. The number of nitrogens with zero attached hydrogens (tertiary/aromatic N) is 4. The van der Waals surface area contributed by atoms with E-state index in [1.807, 2.05) is 67.5 Å². The summed E-state index contributed by atoms with van der Waals surface area (Å²) in [5, 5.41) is 3.44. The van der Waals surface area contributed by atoms with Gasteiger partial charge in [-0.1, -0.05) is 54.5 Å². The highest BCUT2D eigenvalue weighted by atomic mass is 16.5. The monoisotopic (exact) mass is 503 g/mol. The highest BCUT2D eigenvalue weighted by Crippen LogP contribution is 2.31. The van der Waals surface area contributed by atoms with E-state index >= 15 is 0 Å². The van der Waals surface area contributed by atoms with Crippen LogP contribution in [0.5, 0.6) is 0 Å². The van der Waals surface area contributed by atoms with Crippen LogP contribution in [0.1, 0.15) is 81.4 Å². The maximum Gasteiger partial charge on any atom is 0.138 e. The van der Waals surface area contributed by atoms with Crippen molar-refractivity contribution in [2.75, 3.05) is 32.8 Å². The molecule has 3 rings (SSSR count). The van der Waals surface area contributed by atoms with E-state index in [1.54, 1.807) is 0 Å². The van der Waals surface area contributed by atoms with Crippen LogP contribution in [0.15, 0.2) is 46.9 Å². The summed E-state index contributed by atoms with van der Waals surface area (Å²) in [7, 11) is 0. The molecule has 0 spiro atoms. The van der Waals surface area contributed by atoms with Crippen LogP contribution in [-0.2, 0) is 16.1 Å². The van der Waals surface area contributed by atoms with Crippen LogP contribution in [0.3, 0.4) is 0 Å². The molecule has 1 fully saturated rings. The van der Waals surface area contributed by atoms with Crippen LogP contribution in [-0.4, -0.2) is 66.2 Å². The minimum Gasteiger partial charge on any atom is -0.492 e. The van der Waals surface area contributed by atoms with Gasteiger partial charge in [0.1, 0.15) is 18.4 Å². The zero-order valence-corrected chi connectivity index (χ0v) is 24.7. The van der Waals surface area contributed by atoms with Crippen molar-refractivity contribution in [2.45, 2.75) is 88.2 Å². The molecule has 0 saturated carbocycles. The van der Waals surface area contributed by atoms with E-state index in [9.17, 15) is 0 Å². The van der Waals surface area contributed by atoms with Crippen molar-refractivity contribution in [1.82, 2.24) is 20.1 Å². The van der Waals surface area contributed by atoms with Crippen molar-refractivity contribution in [2.24, 2.45) is 4.99 Å². The minimum atomic E-state index is 0.218. The molecule has 1 saturated heterocycles. The third kappa shape index (κ3) is 10.6. The number of rotatable bonds is 7. The number of fused-ring (bicyclic) bond motifs is 1. The zero-order valence-electron chi connectivity index (χ0n) is 24.7. The molecule has 1 aromatic heterocycles. The number of nitrogens with one attached hydrogen (secondary N) is 1. The third-order valence-corrected chi connectivity index (χ3v) is 5.26. The Bertz CT molecular complexity index is 771. The van der Waals surface area contributed by atoms with E-state index in [-0.39, 0.29) is 6.04 Å². The van der Waals surface area contributed by atoms with E-state index in [4.69, 9.17) is 14.5 Å². The Morgan fingerprint density at radius 2 is 1.75 bits per heavy atom. The molecule has 2 aliphatic heterocycles. The number of aromatic nitrogens is 1. The van der Waals surface area contributed by atoms with E-state index in [0.29, 0.717) is 13.2 Å². The van der Waals surface area contributed by atoms with Gasteiger partial charge in [-0.15, -0.1) is 0 Å². The van der Waals surface area contributed by atoms with Gasteiger partial charge in [0.25, 0.3) is 0 Å². The smallest absolute Gasteiger partial charge is 0.138 e. The molecule has 206 valence electrons. The minimum absolute atomic E-state index is 0.218. The number of carbonyl (C=O) groups is 1. The van der Waals surface area contributed by atoms with Crippen LogP contribution >= 0.6 is 0 Å². The van der Waals surface area contributed by atoms with Crippen molar-refractivity contribution in [1.29, 1.82) is 0 Å². The first kappa shape index (κ1) is 35.7. The van der Waals surface area contributed by atoms with Crippen LogP contribution in [0.2, 0.25) is 0 Å². The molecular formula is C29H53N5O2. The van der Waals surface area contributed by atoms with Gasteiger partial charge in [-0.05, 0) is 45.4 Å². The number of amidine groups is 1. The zero-order chi connectivity index (χ0) is 27.9.